The van der Waals surface area contributed by atoms with E-state index in [9.17, 15) is 0 Å². The first-order chi connectivity index (χ1) is 9.67. The van der Waals surface area contributed by atoms with Gasteiger partial charge in [-0.1, -0.05) is 45.0 Å². The summed E-state index contributed by atoms with van der Waals surface area (Å²) in [6.07, 6.45) is 4.86. The van der Waals surface area contributed by atoms with Crippen molar-refractivity contribution in [3.05, 3.63) is 65.0 Å². The Morgan fingerprint density at radius 1 is 1.05 bits per heavy atom. The summed E-state index contributed by atoms with van der Waals surface area (Å²) in [5.41, 5.74) is 5.31. The monoisotopic (exact) mass is 268 g/mol. The van der Waals surface area contributed by atoms with Gasteiger partial charge in [-0.15, -0.1) is 0 Å². The summed E-state index contributed by atoms with van der Waals surface area (Å²) in [5, 5.41) is 3.43. The first kappa shape index (κ1) is 14.7. The molecule has 0 amide bonds. The van der Waals surface area contributed by atoms with Crippen LogP contribution in [0.2, 0.25) is 0 Å². The minimum Gasteiger partial charge on any atom is -0.309 e. The van der Waals surface area contributed by atoms with Crippen LogP contribution in [-0.2, 0) is 6.42 Å². The minimum atomic E-state index is 0.231. The number of aryl methyl sites for hydroxylation is 1. The highest BCUT2D eigenvalue weighted by Crippen LogP contribution is 2.26. The standard InChI is InChI=1S/C18H24N2/c1-5-14-12-20-11-10-17(14)18(19-4)16-8-6-15(7-9-16)13(2)3/h6-13,18-19H,5H2,1-4H3. The van der Waals surface area contributed by atoms with Gasteiger partial charge in [0.05, 0.1) is 6.04 Å². The Bertz CT molecular complexity index is 544. The van der Waals surface area contributed by atoms with Crippen LogP contribution in [-0.4, -0.2) is 12.0 Å². The Morgan fingerprint density at radius 3 is 2.25 bits per heavy atom. The Balaban J connectivity index is 2.36. The maximum atomic E-state index is 4.24. The largest absolute Gasteiger partial charge is 0.309 e. The molecule has 0 spiro atoms. The van der Waals surface area contributed by atoms with Crippen molar-refractivity contribution in [2.75, 3.05) is 7.05 Å². The molecule has 1 atom stereocenters. The van der Waals surface area contributed by atoms with Gasteiger partial charge >= 0.3 is 0 Å². The lowest BCUT2D eigenvalue weighted by molar-refractivity contribution is 0.681. The van der Waals surface area contributed by atoms with Crippen molar-refractivity contribution < 1.29 is 0 Å². The highest BCUT2D eigenvalue weighted by Gasteiger charge is 2.15. The molecule has 1 aromatic carbocycles. The molecular formula is C18H24N2. The second-order valence-corrected chi connectivity index (χ2v) is 5.47. The van der Waals surface area contributed by atoms with Gasteiger partial charge in [0.25, 0.3) is 0 Å². The van der Waals surface area contributed by atoms with Gasteiger partial charge in [-0.05, 0) is 47.7 Å². The number of nitrogens with zero attached hydrogens (tertiary/aromatic N) is 1. The van der Waals surface area contributed by atoms with Gasteiger partial charge in [-0.3, -0.25) is 4.98 Å². The Kier molecular flexibility index (Phi) is 4.91. The van der Waals surface area contributed by atoms with Crippen LogP contribution in [0.4, 0.5) is 0 Å². The van der Waals surface area contributed by atoms with E-state index in [2.05, 4.69) is 61.4 Å². The number of rotatable bonds is 5. The molecule has 2 aromatic rings. The number of nitrogens with one attached hydrogen (secondary N) is 1. The van der Waals surface area contributed by atoms with Crippen LogP contribution in [0.3, 0.4) is 0 Å². The van der Waals surface area contributed by atoms with Crippen molar-refractivity contribution in [1.29, 1.82) is 0 Å². The van der Waals surface area contributed by atoms with Gasteiger partial charge in [0.15, 0.2) is 0 Å². The number of aromatic nitrogens is 1. The summed E-state index contributed by atoms with van der Waals surface area (Å²) in [6, 6.07) is 11.3. The molecule has 0 fully saturated rings. The van der Waals surface area contributed by atoms with E-state index in [0.29, 0.717) is 5.92 Å². The number of benzene rings is 1. The van der Waals surface area contributed by atoms with Crippen molar-refractivity contribution in [3.63, 3.8) is 0 Å². The molecule has 20 heavy (non-hydrogen) atoms. The van der Waals surface area contributed by atoms with E-state index in [1.165, 1.54) is 22.3 Å². The third-order valence-electron chi connectivity index (χ3n) is 3.86. The van der Waals surface area contributed by atoms with Gasteiger partial charge in [0, 0.05) is 12.4 Å². The highest BCUT2D eigenvalue weighted by molar-refractivity contribution is 5.37. The van der Waals surface area contributed by atoms with Crippen LogP contribution in [0.5, 0.6) is 0 Å². The lowest BCUT2D eigenvalue weighted by atomic mass is 9.93. The number of pyridine rings is 1. The lowest BCUT2D eigenvalue weighted by Crippen LogP contribution is -2.19. The summed E-state index contributed by atoms with van der Waals surface area (Å²) in [7, 11) is 2.01. The van der Waals surface area contributed by atoms with E-state index in [4.69, 9.17) is 0 Å². The summed E-state index contributed by atoms with van der Waals surface area (Å²) >= 11 is 0. The topological polar surface area (TPSA) is 24.9 Å². The van der Waals surface area contributed by atoms with Crippen molar-refractivity contribution in [2.45, 2.75) is 39.2 Å². The summed E-state index contributed by atoms with van der Waals surface area (Å²) in [5.74, 6) is 0.573. The molecule has 106 valence electrons. The maximum Gasteiger partial charge on any atom is 0.0578 e. The van der Waals surface area contributed by atoms with Gasteiger partial charge in [-0.2, -0.15) is 0 Å². The van der Waals surface area contributed by atoms with Crippen molar-refractivity contribution in [2.24, 2.45) is 0 Å². The number of hydrogen-bond acceptors (Lipinski definition) is 2. The van der Waals surface area contributed by atoms with E-state index in [0.717, 1.165) is 6.42 Å². The fourth-order valence-corrected chi connectivity index (χ4v) is 2.59. The van der Waals surface area contributed by atoms with Gasteiger partial charge in [-0.25, -0.2) is 0 Å². The lowest BCUT2D eigenvalue weighted by Gasteiger charge is -2.20. The Hall–Kier alpha value is -1.67. The smallest absolute Gasteiger partial charge is 0.0578 e. The molecule has 0 bridgehead atoms. The van der Waals surface area contributed by atoms with Gasteiger partial charge in [0.1, 0.15) is 0 Å². The van der Waals surface area contributed by atoms with Crippen molar-refractivity contribution in [1.82, 2.24) is 10.3 Å². The molecule has 2 heteroatoms. The molecule has 0 saturated heterocycles. The molecule has 0 aliphatic heterocycles. The van der Waals surface area contributed by atoms with Crippen LogP contribution in [0, 0.1) is 0 Å². The average Bonchev–Trinajstić information content (AvgIpc) is 2.49. The summed E-state index contributed by atoms with van der Waals surface area (Å²) in [4.78, 5) is 4.24. The molecule has 0 saturated carbocycles. The van der Waals surface area contributed by atoms with Gasteiger partial charge in [0.2, 0.25) is 0 Å². The zero-order chi connectivity index (χ0) is 14.5. The highest BCUT2D eigenvalue weighted by atomic mass is 14.9. The van der Waals surface area contributed by atoms with Crippen molar-refractivity contribution >= 4 is 0 Å². The Morgan fingerprint density at radius 2 is 1.70 bits per heavy atom. The molecule has 2 nitrogen and oxygen atoms in total. The predicted molar refractivity (Wildman–Crippen MR) is 85.0 cm³/mol. The molecule has 0 radical (unpaired) electrons. The zero-order valence-corrected chi connectivity index (χ0v) is 12.9. The van der Waals surface area contributed by atoms with E-state index in [-0.39, 0.29) is 6.04 Å². The second-order valence-electron chi connectivity index (χ2n) is 5.47. The zero-order valence-electron chi connectivity index (χ0n) is 12.9. The molecule has 2 rings (SSSR count). The van der Waals surface area contributed by atoms with E-state index in [1.54, 1.807) is 0 Å². The van der Waals surface area contributed by atoms with E-state index < -0.39 is 0 Å². The fraction of sp³-hybridized carbons (Fsp3) is 0.389. The van der Waals surface area contributed by atoms with E-state index >= 15 is 0 Å². The quantitative estimate of drug-likeness (QED) is 0.884. The van der Waals surface area contributed by atoms with Crippen LogP contribution >= 0.6 is 0 Å². The molecule has 1 unspecified atom stereocenters. The number of hydrogen-bond donors (Lipinski definition) is 1. The molecule has 0 aliphatic carbocycles. The molecule has 1 heterocycles. The van der Waals surface area contributed by atoms with E-state index in [1.807, 2.05) is 19.4 Å². The normalized spacial score (nSPS) is 12.7. The molecule has 1 N–H and O–H groups in total. The third-order valence-corrected chi connectivity index (χ3v) is 3.86. The fourth-order valence-electron chi connectivity index (χ4n) is 2.59. The second kappa shape index (κ2) is 6.67. The predicted octanol–water partition coefficient (Wildman–Crippen LogP) is 4.08. The van der Waals surface area contributed by atoms with Gasteiger partial charge < -0.3 is 5.32 Å². The first-order valence-electron chi connectivity index (χ1n) is 7.37. The Labute approximate surface area is 122 Å². The minimum absolute atomic E-state index is 0.231. The van der Waals surface area contributed by atoms with Crippen LogP contribution in [0.15, 0.2) is 42.7 Å². The molecule has 1 aromatic heterocycles. The molecule has 0 aliphatic rings. The SMILES string of the molecule is CCc1cnccc1C(NC)c1ccc(C(C)C)cc1. The third kappa shape index (κ3) is 3.07. The summed E-state index contributed by atoms with van der Waals surface area (Å²) in [6.45, 7) is 6.63. The molecular weight excluding hydrogens is 244 g/mol. The van der Waals surface area contributed by atoms with Crippen LogP contribution in [0.1, 0.15) is 55.0 Å². The van der Waals surface area contributed by atoms with Crippen LogP contribution < -0.4 is 5.32 Å². The maximum absolute atomic E-state index is 4.24. The first-order valence-corrected chi connectivity index (χ1v) is 7.37. The van der Waals surface area contributed by atoms with Crippen molar-refractivity contribution in [3.8, 4) is 0 Å². The van der Waals surface area contributed by atoms with Crippen LogP contribution in [0.25, 0.3) is 0 Å². The summed E-state index contributed by atoms with van der Waals surface area (Å²) < 4.78 is 0. The average molecular weight is 268 g/mol.